The smallest absolute Gasteiger partial charge is 0.255 e. The Kier molecular flexibility index (Phi) is 5.38. The summed E-state index contributed by atoms with van der Waals surface area (Å²) in [6, 6.07) is 1.81. The molecule has 2 amide bonds. The Hall–Kier alpha value is -1.82. The Morgan fingerprint density at radius 3 is 2.67 bits per heavy atom. The van der Waals surface area contributed by atoms with E-state index in [2.05, 4.69) is 10.6 Å². The summed E-state index contributed by atoms with van der Waals surface area (Å²) in [7, 11) is 1.84. The molecule has 1 saturated heterocycles. The number of carbonyl (C=O) groups is 2. The molecule has 2 heterocycles. The fourth-order valence-electron chi connectivity index (χ4n) is 2.55. The highest BCUT2D eigenvalue weighted by molar-refractivity contribution is 5.95. The standard InChI is InChI=1S/C15H23N3O3/c1-11-13(6-10-21-11)15(20)17-12-4-8-18(9-5-12)14(19)3-7-16-2/h6,10,12,16H,3-5,7-9H2,1-2H3,(H,17,20). The molecule has 0 spiro atoms. The van der Waals surface area contributed by atoms with Gasteiger partial charge in [0.25, 0.3) is 5.91 Å². The van der Waals surface area contributed by atoms with E-state index in [9.17, 15) is 9.59 Å². The summed E-state index contributed by atoms with van der Waals surface area (Å²) in [4.78, 5) is 25.9. The van der Waals surface area contributed by atoms with Crippen molar-refractivity contribution < 1.29 is 14.0 Å². The van der Waals surface area contributed by atoms with E-state index in [1.807, 2.05) is 11.9 Å². The Balaban J connectivity index is 1.78. The summed E-state index contributed by atoms with van der Waals surface area (Å²) >= 11 is 0. The lowest BCUT2D eigenvalue weighted by atomic mass is 10.0. The number of aryl methyl sites for hydroxylation is 1. The molecule has 0 aromatic carbocycles. The maximum Gasteiger partial charge on any atom is 0.255 e. The van der Waals surface area contributed by atoms with E-state index in [0.717, 1.165) is 12.8 Å². The fourth-order valence-corrected chi connectivity index (χ4v) is 2.55. The van der Waals surface area contributed by atoms with Crippen LogP contribution in [0.5, 0.6) is 0 Å². The van der Waals surface area contributed by atoms with Crippen LogP contribution in [0.3, 0.4) is 0 Å². The summed E-state index contributed by atoms with van der Waals surface area (Å²) in [5, 5.41) is 6.00. The zero-order valence-corrected chi connectivity index (χ0v) is 12.6. The fraction of sp³-hybridized carbons (Fsp3) is 0.600. The summed E-state index contributed by atoms with van der Waals surface area (Å²) < 4.78 is 5.14. The average Bonchev–Trinajstić information content (AvgIpc) is 2.91. The third kappa shape index (κ3) is 4.07. The van der Waals surface area contributed by atoms with E-state index in [0.29, 0.717) is 37.4 Å². The molecule has 6 nitrogen and oxygen atoms in total. The number of nitrogens with one attached hydrogen (secondary N) is 2. The monoisotopic (exact) mass is 293 g/mol. The minimum Gasteiger partial charge on any atom is -0.469 e. The van der Waals surface area contributed by atoms with Gasteiger partial charge in [0.05, 0.1) is 11.8 Å². The molecule has 1 fully saturated rings. The molecule has 2 rings (SSSR count). The molecule has 116 valence electrons. The predicted octanol–water partition coefficient (Wildman–Crippen LogP) is 0.918. The summed E-state index contributed by atoms with van der Waals surface area (Å²) in [5.41, 5.74) is 0.586. The highest BCUT2D eigenvalue weighted by atomic mass is 16.3. The molecule has 1 aliphatic rings. The lowest BCUT2D eigenvalue weighted by Crippen LogP contribution is -2.46. The first-order valence-electron chi connectivity index (χ1n) is 7.39. The third-order valence-electron chi connectivity index (χ3n) is 3.88. The van der Waals surface area contributed by atoms with Crippen LogP contribution < -0.4 is 10.6 Å². The van der Waals surface area contributed by atoms with E-state index in [-0.39, 0.29) is 17.9 Å². The first-order chi connectivity index (χ1) is 10.1. The zero-order valence-electron chi connectivity index (χ0n) is 12.6. The maximum atomic E-state index is 12.1. The number of hydrogen-bond acceptors (Lipinski definition) is 4. The lowest BCUT2D eigenvalue weighted by molar-refractivity contribution is -0.132. The van der Waals surface area contributed by atoms with Crippen LogP contribution >= 0.6 is 0 Å². The van der Waals surface area contributed by atoms with Gasteiger partial charge >= 0.3 is 0 Å². The van der Waals surface area contributed by atoms with Crippen molar-refractivity contribution in [3.63, 3.8) is 0 Å². The Labute approximate surface area is 124 Å². The predicted molar refractivity (Wildman–Crippen MR) is 79.1 cm³/mol. The van der Waals surface area contributed by atoms with Crippen LogP contribution in [-0.2, 0) is 4.79 Å². The van der Waals surface area contributed by atoms with Gasteiger partial charge in [-0.2, -0.15) is 0 Å². The second kappa shape index (κ2) is 7.26. The quantitative estimate of drug-likeness (QED) is 0.846. The Morgan fingerprint density at radius 1 is 1.38 bits per heavy atom. The molecule has 1 aromatic rings. The number of nitrogens with zero attached hydrogens (tertiary/aromatic N) is 1. The van der Waals surface area contributed by atoms with Crippen LogP contribution in [0.15, 0.2) is 16.7 Å². The highest BCUT2D eigenvalue weighted by Crippen LogP contribution is 2.14. The van der Waals surface area contributed by atoms with Crippen LogP contribution in [0.2, 0.25) is 0 Å². The second-order valence-electron chi connectivity index (χ2n) is 5.37. The molecule has 0 saturated carbocycles. The number of hydrogen-bond donors (Lipinski definition) is 2. The molecular weight excluding hydrogens is 270 g/mol. The molecule has 21 heavy (non-hydrogen) atoms. The highest BCUT2D eigenvalue weighted by Gasteiger charge is 2.24. The van der Waals surface area contributed by atoms with Gasteiger partial charge < -0.3 is 20.0 Å². The van der Waals surface area contributed by atoms with Crippen molar-refractivity contribution in [3.8, 4) is 0 Å². The molecule has 6 heteroatoms. The normalized spacial score (nSPS) is 16.0. The topological polar surface area (TPSA) is 74.6 Å². The average molecular weight is 293 g/mol. The van der Waals surface area contributed by atoms with Gasteiger partial charge in [-0.05, 0) is 32.9 Å². The number of furan rings is 1. The second-order valence-corrected chi connectivity index (χ2v) is 5.37. The molecule has 2 N–H and O–H groups in total. The largest absolute Gasteiger partial charge is 0.469 e. The van der Waals surface area contributed by atoms with Gasteiger partial charge in [0, 0.05) is 32.1 Å². The molecule has 1 aliphatic heterocycles. The van der Waals surface area contributed by atoms with Crippen LogP contribution in [0.4, 0.5) is 0 Å². The van der Waals surface area contributed by atoms with Crippen molar-refractivity contribution in [2.45, 2.75) is 32.2 Å². The van der Waals surface area contributed by atoms with Gasteiger partial charge in [-0.15, -0.1) is 0 Å². The van der Waals surface area contributed by atoms with Crippen molar-refractivity contribution in [3.05, 3.63) is 23.7 Å². The van der Waals surface area contributed by atoms with Crippen LogP contribution in [-0.4, -0.2) is 49.4 Å². The Morgan fingerprint density at radius 2 is 2.10 bits per heavy atom. The molecule has 0 bridgehead atoms. The minimum absolute atomic E-state index is 0.0961. The van der Waals surface area contributed by atoms with Crippen LogP contribution in [0.1, 0.15) is 35.4 Å². The van der Waals surface area contributed by atoms with Crippen molar-refractivity contribution in [1.82, 2.24) is 15.5 Å². The first kappa shape index (κ1) is 15.6. The van der Waals surface area contributed by atoms with Gasteiger partial charge in [-0.1, -0.05) is 0 Å². The van der Waals surface area contributed by atoms with E-state index in [1.165, 1.54) is 6.26 Å². The van der Waals surface area contributed by atoms with Crippen LogP contribution in [0.25, 0.3) is 0 Å². The van der Waals surface area contributed by atoms with Crippen molar-refractivity contribution in [2.75, 3.05) is 26.7 Å². The Bertz CT molecular complexity index is 490. The first-order valence-corrected chi connectivity index (χ1v) is 7.39. The lowest BCUT2D eigenvalue weighted by Gasteiger charge is -2.32. The zero-order chi connectivity index (χ0) is 15.2. The molecule has 0 unspecified atom stereocenters. The number of amides is 2. The number of likely N-dealkylation sites (tertiary alicyclic amines) is 1. The molecule has 0 aliphatic carbocycles. The number of rotatable bonds is 5. The third-order valence-corrected chi connectivity index (χ3v) is 3.88. The maximum absolute atomic E-state index is 12.1. The van der Waals surface area contributed by atoms with Crippen molar-refractivity contribution >= 4 is 11.8 Å². The summed E-state index contributed by atoms with van der Waals surface area (Å²) in [5.74, 6) is 0.716. The molecule has 0 radical (unpaired) electrons. The SMILES string of the molecule is CNCCC(=O)N1CCC(NC(=O)c2ccoc2C)CC1. The van der Waals surface area contributed by atoms with Gasteiger partial charge in [0.2, 0.25) is 5.91 Å². The van der Waals surface area contributed by atoms with Crippen LogP contribution in [0, 0.1) is 6.92 Å². The molecule has 0 atom stereocenters. The van der Waals surface area contributed by atoms with E-state index >= 15 is 0 Å². The van der Waals surface area contributed by atoms with Gasteiger partial charge in [-0.3, -0.25) is 9.59 Å². The number of piperidine rings is 1. The molecule has 1 aromatic heterocycles. The minimum atomic E-state index is -0.0961. The van der Waals surface area contributed by atoms with Gasteiger partial charge in [0.1, 0.15) is 5.76 Å². The molecular formula is C15H23N3O3. The van der Waals surface area contributed by atoms with Gasteiger partial charge in [0.15, 0.2) is 0 Å². The summed E-state index contributed by atoms with van der Waals surface area (Å²) in [6.07, 6.45) is 3.65. The number of carbonyl (C=O) groups excluding carboxylic acids is 2. The van der Waals surface area contributed by atoms with E-state index in [1.54, 1.807) is 13.0 Å². The van der Waals surface area contributed by atoms with Crippen molar-refractivity contribution in [2.24, 2.45) is 0 Å². The summed E-state index contributed by atoms with van der Waals surface area (Å²) in [6.45, 7) is 3.89. The van der Waals surface area contributed by atoms with E-state index in [4.69, 9.17) is 4.42 Å². The van der Waals surface area contributed by atoms with E-state index < -0.39 is 0 Å². The van der Waals surface area contributed by atoms with Crippen molar-refractivity contribution in [1.29, 1.82) is 0 Å². The van der Waals surface area contributed by atoms with Gasteiger partial charge in [-0.25, -0.2) is 0 Å².